The van der Waals surface area contributed by atoms with E-state index in [1.807, 2.05) is 6.92 Å². The molecule has 25 heavy (non-hydrogen) atoms. The smallest absolute Gasteiger partial charge is 0.261 e. The number of nitrogens with one attached hydrogen (secondary N) is 1. The van der Waals surface area contributed by atoms with Crippen LogP contribution in [-0.2, 0) is 10.0 Å². The predicted molar refractivity (Wildman–Crippen MR) is 89.7 cm³/mol. The molecule has 0 fully saturated rings. The Kier molecular flexibility index (Phi) is 4.19. The van der Waals surface area contributed by atoms with Gasteiger partial charge in [0.15, 0.2) is 0 Å². The molecule has 0 aliphatic rings. The average Bonchev–Trinajstić information content (AvgIpc) is 3.09. The quantitative estimate of drug-likeness (QED) is 0.695. The van der Waals surface area contributed by atoms with Crippen molar-refractivity contribution >= 4 is 21.6 Å². The van der Waals surface area contributed by atoms with Crippen molar-refractivity contribution in [2.75, 3.05) is 4.72 Å². The van der Waals surface area contributed by atoms with Crippen LogP contribution in [0.1, 0.15) is 15.9 Å². The third kappa shape index (κ3) is 3.48. The highest BCUT2D eigenvalue weighted by Crippen LogP contribution is 2.21. The van der Waals surface area contributed by atoms with E-state index in [4.69, 9.17) is 5.73 Å². The number of nitrogens with two attached hydrogens (primary N) is 1. The van der Waals surface area contributed by atoms with Crippen LogP contribution in [0.25, 0.3) is 5.69 Å². The molecule has 0 aliphatic heterocycles. The van der Waals surface area contributed by atoms with Crippen molar-refractivity contribution < 1.29 is 13.2 Å². The van der Waals surface area contributed by atoms with Gasteiger partial charge < -0.3 is 5.73 Å². The molecule has 0 atom stereocenters. The summed E-state index contributed by atoms with van der Waals surface area (Å²) in [5, 5.41) is 10.9. The molecule has 0 spiro atoms. The third-order valence-electron chi connectivity index (χ3n) is 3.49. The number of nitrogens with zero attached hydrogens (tertiary/aromatic N) is 4. The van der Waals surface area contributed by atoms with Crippen molar-refractivity contribution in [2.45, 2.75) is 11.8 Å². The fourth-order valence-electron chi connectivity index (χ4n) is 2.26. The Balaban J connectivity index is 1.85. The van der Waals surface area contributed by atoms with Crippen LogP contribution in [-0.4, -0.2) is 34.5 Å². The maximum Gasteiger partial charge on any atom is 0.261 e. The fraction of sp³-hybridized carbons (Fsp3) is 0.0667. The summed E-state index contributed by atoms with van der Waals surface area (Å²) < 4.78 is 28.9. The van der Waals surface area contributed by atoms with Crippen LogP contribution >= 0.6 is 0 Å². The summed E-state index contributed by atoms with van der Waals surface area (Å²) in [6.07, 6.45) is 1.45. The van der Waals surface area contributed by atoms with E-state index in [1.165, 1.54) is 35.3 Å². The maximum absolute atomic E-state index is 12.4. The Morgan fingerprint density at radius 2 is 1.88 bits per heavy atom. The van der Waals surface area contributed by atoms with Crippen LogP contribution in [0.15, 0.2) is 53.7 Å². The Labute approximate surface area is 143 Å². The van der Waals surface area contributed by atoms with E-state index in [0.29, 0.717) is 5.69 Å². The topological polar surface area (TPSA) is 133 Å². The summed E-state index contributed by atoms with van der Waals surface area (Å²) in [4.78, 5) is 11.1. The first-order valence-corrected chi connectivity index (χ1v) is 8.62. The molecule has 3 N–H and O–H groups in total. The Bertz CT molecular complexity index is 1010. The van der Waals surface area contributed by atoms with Gasteiger partial charge in [-0.2, -0.15) is 0 Å². The molecule has 0 saturated heterocycles. The van der Waals surface area contributed by atoms with Gasteiger partial charge in [0.2, 0.25) is 5.91 Å². The molecule has 0 bridgehead atoms. The van der Waals surface area contributed by atoms with Gasteiger partial charge in [-0.15, -0.1) is 5.10 Å². The molecule has 1 aromatic heterocycles. The minimum absolute atomic E-state index is 0.0275. The van der Waals surface area contributed by atoms with E-state index < -0.39 is 15.9 Å². The maximum atomic E-state index is 12.4. The van der Waals surface area contributed by atoms with Crippen molar-refractivity contribution in [3.05, 3.63) is 59.9 Å². The van der Waals surface area contributed by atoms with Gasteiger partial charge in [0, 0.05) is 11.3 Å². The third-order valence-corrected chi connectivity index (χ3v) is 4.89. The first-order chi connectivity index (χ1) is 11.9. The number of aromatic nitrogens is 4. The van der Waals surface area contributed by atoms with Crippen molar-refractivity contribution in [2.24, 2.45) is 5.73 Å². The predicted octanol–water partition coefficient (Wildman–Crippen LogP) is 0.870. The van der Waals surface area contributed by atoms with E-state index in [0.717, 1.165) is 11.3 Å². The van der Waals surface area contributed by atoms with Gasteiger partial charge in [-0.05, 0) is 65.4 Å². The van der Waals surface area contributed by atoms with Crippen LogP contribution in [0.4, 0.5) is 5.69 Å². The number of amides is 1. The summed E-state index contributed by atoms with van der Waals surface area (Å²) in [7, 11) is -3.79. The van der Waals surface area contributed by atoms with Gasteiger partial charge >= 0.3 is 0 Å². The normalized spacial score (nSPS) is 11.2. The van der Waals surface area contributed by atoms with Gasteiger partial charge in [-0.1, -0.05) is 0 Å². The lowest BCUT2D eigenvalue weighted by Gasteiger charge is -2.11. The number of hydrogen-bond acceptors (Lipinski definition) is 6. The van der Waals surface area contributed by atoms with Crippen LogP contribution < -0.4 is 10.5 Å². The van der Waals surface area contributed by atoms with Gasteiger partial charge in [-0.3, -0.25) is 9.52 Å². The molecule has 128 valence electrons. The molecule has 10 heteroatoms. The van der Waals surface area contributed by atoms with Crippen molar-refractivity contribution in [3.63, 3.8) is 0 Å². The van der Waals surface area contributed by atoms with Crippen LogP contribution in [0.3, 0.4) is 0 Å². The first-order valence-electron chi connectivity index (χ1n) is 7.13. The molecule has 1 heterocycles. The van der Waals surface area contributed by atoms with Crippen molar-refractivity contribution in [1.29, 1.82) is 0 Å². The summed E-state index contributed by atoms with van der Waals surface area (Å²) in [6.45, 7) is 1.82. The second-order valence-electron chi connectivity index (χ2n) is 5.25. The summed E-state index contributed by atoms with van der Waals surface area (Å²) in [5.41, 5.74) is 7.30. The molecule has 0 saturated carbocycles. The van der Waals surface area contributed by atoms with Crippen LogP contribution in [0.2, 0.25) is 0 Å². The largest absolute Gasteiger partial charge is 0.366 e. The molecule has 1 amide bonds. The fourth-order valence-corrected chi connectivity index (χ4v) is 3.31. The molecule has 2 aromatic carbocycles. The van der Waals surface area contributed by atoms with Crippen molar-refractivity contribution in [3.8, 4) is 5.69 Å². The molecule has 0 unspecified atom stereocenters. The van der Waals surface area contributed by atoms with Gasteiger partial charge in [0.1, 0.15) is 6.33 Å². The van der Waals surface area contributed by atoms with Crippen molar-refractivity contribution in [1.82, 2.24) is 20.2 Å². The number of carbonyl (C=O) groups excluding carboxylic acids is 1. The highest BCUT2D eigenvalue weighted by molar-refractivity contribution is 7.92. The lowest BCUT2D eigenvalue weighted by molar-refractivity contribution is 0.1000. The number of primary amides is 1. The number of sulfonamides is 1. The number of anilines is 1. The first kappa shape index (κ1) is 16.6. The monoisotopic (exact) mass is 358 g/mol. The summed E-state index contributed by atoms with van der Waals surface area (Å²) >= 11 is 0. The molecule has 9 nitrogen and oxygen atoms in total. The second kappa shape index (κ2) is 6.32. The zero-order valence-corrected chi connectivity index (χ0v) is 13.9. The van der Waals surface area contributed by atoms with E-state index >= 15 is 0 Å². The lowest BCUT2D eigenvalue weighted by atomic mass is 10.2. The number of carbonyl (C=O) groups is 1. The van der Waals surface area contributed by atoms with Gasteiger partial charge in [0.05, 0.1) is 10.6 Å². The Morgan fingerprint density at radius 1 is 1.16 bits per heavy atom. The molecule has 0 radical (unpaired) electrons. The van der Waals surface area contributed by atoms with E-state index in [2.05, 4.69) is 20.2 Å². The number of hydrogen-bond donors (Lipinski definition) is 2. The second-order valence-corrected chi connectivity index (χ2v) is 6.93. The highest BCUT2D eigenvalue weighted by Gasteiger charge is 2.15. The average molecular weight is 358 g/mol. The van der Waals surface area contributed by atoms with Crippen LogP contribution in [0, 0.1) is 6.92 Å². The number of rotatable bonds is 5. The lowest BCUT2D eigenvalue weighted by Crippen LogP contribution is -2.15. The minimum Gasteiger partial charge on any atom is -0.366 e. The number of tetrazole rings is 1. The Hall–Kier alpha value is -3.27. The summed E-state index contributed by atoms with van der Waals surface area (Å²) in [5.74, 6) is -0.620. The molecule has 3 aromatic rings. The standard InChI is InChI=1S/C15H14N6O3S/c1-10-8-12(4-7-14(10)21-9-17-19-20-21)18-25(23,24)13-5-2-11(3-6-13)15(16)22/h2-9,18H,1H3,(H2,16,22). The Morgan fingerprint density at radius 3 is 2.44 bits per heavy atom. The highest BCUT2D eigenvalue weighted by atomic mass is 32.2. The zero-order valence-electron chi connectivity index (χ0n) is 13.1. The molecule has 3 rings (SSSR count). The van der Waals surface area contributed by atoms with Gasteiger partial charge in [0.25, 0.3) is 10.0 Å². The molecule has 0 aliphatic carbocycles. The molecular formula is C15H14N6O3S. The summed E-state index contributed by atoms with van der Waals surface area (Å²) in [6, 6.07) is 10.4. The number of benzene rings is 2. The van der Waals surface area contributed by atoms with E-state index in [1.54, 1.807) is 18.2 Å². The van der Waals surface area contributed by atoms with Crippen LogP contribution in [0.5, 0.6) is 0 Å². The SMILES string of the molecule is Cc1cc(NS(=O)(=O)c2ccc(C(N)=O)cc2)ccc1-n1cnnn1. The van der Waals surface area contributed by atoms with E-state index in [-0.39, 0.29) is 10.5 Å². The van der Waals surface area contributed by atoms with Gasteiger partial charge in [-0.25, -0.2) is 13.1 Å². The number of aryl methyl sites for hydroxylation is 1. The zero-order chi connectivity index (χ0) is 18.0. The minimum atomic E-state index is -3.79. The molecular weight excluding hydrogens is 344 g/mol. The van der Waals surface area contributed by atoms with E-state index in [9.17, 15) is 13.2 Å².